The first-order chi connectivity index (χ1) is 10.0. The monoisotopic (exact) mass is 314 g/mol. The van der Waals surface area contributed by atoms with Gasteiger partial charge in [-0.1, -0.05) is 18.6 Å². The highest BCUT2D eigenvalue weighted by Crippen LogP contribution is 2.20. The minimum atomic E-state index is -2.49. The largest absolute Gasteiger partial charge is 0.500 e. The Balaban J connectivity index is 2.29. The third-order valence-electron chi connectivity index (χ3n) is 3.40. The zero-order valence-corrected chi connectivity index (χ0v) is 14.5. The predicted octanol–water partition coefficient (Wildman–Crippen LogP) is 4.20. The van der Waals surface area contributed by atoms with E-state index in [0.29, 0.717) is 0 Å². The molecule has 0 spiro atoms. The average Bonchev–Trinajstić information content (AvgIpc) is 2.47. The molecule has 0 amide bonds. The Hall–Kier alpha value is -0.753. The summed E-state index contributed by atoms with van der Waals surface area (Å²) in [4.78, 5) is 0. The fourth-order valence-electron chi connectivity index (χ4n) is 2.30. The van der Waals surface area contributed by atoms with Gasteiger partial charge in [-0.3, -0.25) is 0 Å². The normalized spacial score (nSPS) is 12.1. The number of halogens is 1. The van der Waals surface area contributed by atoms with Gasteiger partial charge in [0.1, 0.15) is 5.82 Å². The van der Waals surface area contributed by atoms with Crippen molar-refractivity contribution in [1.29, 1.82) is 0 Å². The quantitative estimate of drug-likeness (QED) is 0.478. The molecule has 0 aliphatic heterocycles. The molecular weight excluding hydrogens is 287 g/mol. The summed E-state index contributed by atoms with van der Waals surface area (Å²) < 4.78 is 29.7. The molecule has 0 radical (unpaired) electrons. The molecule has 0 heterocycles. The van der Waals surface area contributed by atoms with Crippen LogP contribution in [0.4, 0.5) is 4.39 Å². The molecule has 0 atom stereocenters. The lowest BCUT2D eigenvalue weighted by atomic mass is 10.1. The van der Waals surface area contributed by atoms with Crippen molar-refractivity contribution in [3.63, 3.8) is 0 Å². The van der Waals surface area contributed by atoms with E-state index in [1.807, 2.05) is 26.0 Å². The van der Waals surface area contributed by atoms with Gasteiger partial charge in [-0.25, -0.2) is 4.39 Å². The van der Waals surface area contributed by atoms with Crippen LogP contribution in [0, 0.1) is 5.82 Å². The van der Waals surface area contributed by atoms with E-state index in [1.165, 1.54) is 17.7 Å². The van der Waals surface area contributed by atoms with Crippen molar-refractivity contribution in [2.24, 2.45) is 0 Å². The molecule has 0 aliphatic rings. The van der Waals surface area contributed by atoms with E-state index < -0.39 is 8.80 Å². The van der Waals surface area contributed by atoms with Gasteiger partial charge in [-0.2, -0.15) is 0 Å². The Morgan fingerprint density at radius 3 is 2.14 bits per heavy atom. The summed E-state index contributed by atoms with van der Waals surface area (Å²) in [6.45, 7) is 3.99. The zero-order chi connectivity index (χ0) is 15.7. The third-order valence-corrected chi connectivity index (χ3v) is 6.44. The molecule has 3 nitrogen and oxygen atoms in total. The summed E-state index contributed by atoms with van der Waals surface area (Å²) in [5, 5.41) is 0. The van der Waals surface area contributed by atoms with E-state index in [1.54, 1.807) is 14.2 Å². The maximum absolute atomic E-state index is 12.8. The van der Waals surface area contributed by atoms with E-state index in [2.05, 4.69) is 0 Å². The first-order valence-corrected chi connectivity index (χ1v) is 9.47. The zero-order valence-electron chi connectivity index (χ0n) is 13.5. The molecule has 0 unspecified atom stereocenters. The number of hydrogen-bond acceptors (Lipinski definition) is 3. The number of aryl methyl sites for hydroxylation is 1. The second-order valence-corrected chi connectivity index (χ2v) is 8.36. The lowest BCUT2D eigenvalue weighted by Crippen LogP contribution is -2.45. The van der Waals surface area contributed by atoms with E-state index in [4.69, 9.17) is 13.3 Å². The maximum Gasteiger partial charge on any atom is 0.500 e. The van der Waals surface area contributed by atoms with Crippen LogP contribution < -0.4 is 0 Å². The summed E-state index contributed by atoms with van der Waals surface area (Å²) in [5.41, 5.74) is 1.18. The Labute approximate surface area is 128 Å². The molecule has 0 bridgehead atoms. The van der Waals surface area contributed by atoms with Gasteiger partial charge >= 0.3 is 8.80 Å². The lowest BCUT2D eigenvalue weighted by Gasteiger charge is -2.28. The first-order valence-electron chi connectivity index (χ1n) is 7.54. The highest BCUT2D eigenvalue weighted by molar-refractivity contribution is 6.60. The van der Waals surface area contributed by atoms with Gasteiger partial charge in [0.15, 0.2) is 0 Å². The van der Waals surface area contributed by atoms with Gasteiger partial charge in [-0.05, 0) is 50.8 Å². The average molecular weight is 314 g/mol. The molecule has 0 N–H and O–H groups in total. The Kier molecular flexibility index (Phi) is 8.10. The van der Waals surface area contributed by atoms with Crippen molar-refractivity contribution < 1.29 is 17.7 Å². The fraction of sp³-hybridized carbons (Fsp3) is 0.625. The summed E-state index contributed by atoms with van der Waals surface area (Å²) in [6.07, 6.45) is 4.25. The van der Waals surface area contributed by atoms with Crippen molar-refractivity contribution in [2.75, 3.05) is 14.2 Å². The van der Waals surface area contributed by atoms with Crippen molar-refractivity contribution in [3.8, 4) is 0 Å². The van der Waals surface area contributed by atoms with Crippen LogP contribution in [0.15, 0.2) is 24.3 Å². The van der Waals surface area contributed by atoms with E-state index in [-0.39, 0.29) is 11.9 Å². The molecule has 5 heteroatoms. The Morgan fingerprint density at radius 2 is 1.62 bits per heavy atom. The van der Waals surface area contributed by atoms with E-state index in [0.717, 1.165) is 31.7 Å². The molecule has 0 saturated heterocycles. The molecule has 0 aliphatic carbocycles. The summed E-state index contributed by atoms with van der Waals surface area (Å²) in [7, 11) is 0.834. The number of unbranched alkanes of at least 4 members (excludes halogenated alkanes) is 2. The molecule has 0 saturated carbocycles. The van der Waals surface area contributed by atoms with Crippen LogP contribution in [0.25, 0.3) is 0 Å². The van der Waals surface area contributed by atoms with Gasteiger partial charge in [0, 0.05) is 26.4 Å². The smallest absolute Gasteiger partial charge is 0.377 e. The minimum absolute atomic E-state index is 0.107. The van der Waals surface area contributed by atoms with Crippen molar-refractivity contribution >= 4 is 8.80 Å². The van der Waals surface area contributed by atoms with Crippen LogP contribution in [0.1, 0.15) is 38.7 Å². The summed E-state index contributed by atoms with van der Waals surface area (Å²) in [6, 6.07) is 7.56. The molecule has 0 aromatic heterocycles. The number of rotatable bonds is 10. The SMILES string of the molecule is CO[Si](CCCCCc1ccc(F)cc1)(OC)OC(C)C. The molecule has 21 heavy (non-hydrogen) atoms. The molecule has 120 valence electrons. The topological polar surface area (TPSA) is 27.7 Å². The lowest BCUT2D eigenvalue weighted by molar-refractivity contribution is 0.0693. The molecule has 1 aromatic carbocycles. The molecule has 0 fully saturated rings. The first kappa shape index (κ1) is 18.3. The van der Waals surface area contributed by atoms with Crippen molar-refractivity contribution in [3.05, 3.63) is 35.6 Å². The van der Waals surface area contributed by atoms with Gasteiger partial charge in [0.2, 0.25) is 0 Å². The second-order valence-electron chi connectivity index (χ2n) is 5.44. The van der Waals surface area contributed by atoms with Crippen molar-refractivity contribution in [2.45, 2.75) is 51.7 Å². The Bertz CT molecular complexity index is 391. The van der Waals surface area contributed by atoms with Crippen LogP contribution in [0.2, 0.25) is 6.04 Å². The maximum atomic E-state index is 12.8. The standard InChI is InChI=1S/C16H27FO3Si/c1-14(2)20-21(18-3,19-4)13-7-5-6-8-15-9-11-16(17)12-10-15/h9-12,14H,5-8,13H2,1-4H3. The van der Waals surface area contributed by atoms with Crippen molar-refractivity contribution in [1.82, 2.24) is 0 Å². The van der Waals surface area contributed by atoms with Gasteiger partial charge in [0.25, 0.3) is 0 Å². The minimum Gasteiger partial charge on any atom is -0.377 e. The highest BCUT2D eigenvalue weighted by atomic mass is 28.4. The molecule has 1 aromatic rings. The van der Waals surface area contributed by atoms with Crippen LogP contribution >= 0.6 is 0 Å². The number of benzene rings is 1. The molecular formula is C16H27FO3Si. The third kappa shape index (κ3) is 6.69. The Morgan fingerprint density at radius 1 is 1.00 bits per heavy atom. The van der Waals surface area contributed by atoms with Crippen LogP contribution in [0.3, 0.4) is 0 Å². The van der Waals surface area contributed by atoms with Crippen LogP contribution in [-0.2, 0) is 19.7 Å². The predicted molar refractivity (Wildman–Crippen MR) is 84.8 cm³/mol. The fourth-order valence-corrected chi connectivity index (χ4v) is 4.59. The molecule has 1 rings (SSSR count). The van der Waals surface area contributed by atoms with E-state index in [9.17, 15) is 4.39 Å². The van der Waals surface area contributed by atoms with Crippen LogP contribution in [-0.4, -0.2) is 29.1 Å². The summed E-state index contributed by atoms with van der Waals surface area (Å²) >= 11 is 0. The second kappa shape index (κ2) is 9.30. The number of hydrogen-bond donors (Lipinski definition) is 0. The highest BCUT2D eigenvalue weighted by Gasteiger charge is 2.39. The van der Waals surface area contributed by atoms with Gasteiger partial charge in [0.05, 0.1) is 0 Å². The van der Waals surface area contributed by atoms with Gasteiger partial charge in [-0.15, -0.1) is 0 Å². The van der Waals surface area contributed by atoms with Crippen LogP contribution in [0.5, 0.6) is 0 Å². The van der Waals surface area contributed by atoms with Gasteiger partial charge < -0.3 is 13.3 Å². The van der Waals surface area contributed by atoms with E-state index >= 15 is 0 Å². The summed E-state index contributed by atoms with van der Waals surface area (Å²) in [5.74, 6) is -0.180.